The number of methoxy groups -OCH3 is 1. The smallest absolute Gasteiger partial charge is 0.191 e. The molecule has 0 aromatic heterocycles. The highest BCUT2D eigenvalue weighted by atomic mass is 16.5. The first kappa shape index (κ1) is 17.9. The Balaban J connectivity index is 1.79. The molecule has 2 N–H and O–H groups in total. The summed E-state index contributed by atoms with van der Waals surface area (Å²) in [6.07, 6.45) is 1.98. The second-order valence-electron chi connectivity index (χ2n) is 5.57. The van der Waals surface area contributed by atoms with Gasteiger partial charge in [0.15, 0.2) is 5.96 Å². The van der Waals surface area contributed by atoms with E-state index in [0.717, 1.165) is 37.6 Å². The fraction of sp³-hybridized carbons (Fsp3) is 0.350. The molecular formula is C20H27N3O. The number of aliphatic imine (C=N–C) groups is 1. The minimum atomic E-state index is 0.784. The van der Waals surface area contributed by atoms with E-state index >= 15 is 0 Å². The number of guanidine groups is 1. The summed E-state index contributed by atoms with van der Waals surface area (Å²) in [6, 6.07) is 16.7. The second-order valence-corrected chi connectivity index (χ2v) is 5.57. The maximum absolute atomic E-state index is 5.18. The highest BCUT2D eigenvalue weighted by Gasteiger charge is 2.02. The van der Waals surface area contributed by atoms with E-state index in [1.54, 1.807) is 14.2 Å². The second kappa shape index (κ2) is 9.60. The third-order valence-electron chi connectivity index (χ3n) is 4.03. The molecule has 0 saturated heterocycles. The zero-order valence-electron chi connectivity index (χ0n) is 14.8. The van der Waals surface area contributed by atoms with Crippen molar-refractivity contribution in [2.24, 2.45) is 4.99 Å². The average molecular weight is 325 g/mol. The van der Waals surface area contributed by atoms with Crippen LogP contribution in [0.5, 0.6) is 5.75 Å². The first-order valence-corrected chi connectivity index (χ1v) is 8.41. The third kappa shape index (κ3) is 5.30. The Kier molecular flexibility index (Phi) is 7.15. The molecular weight excluding hydrogens is 298 g/mol. The lowest BCUT2D eigenvalue weighted by Gasteiger charge is -2.14. The summed E-state index contributed by atoms with van der Waals surface area (Å²) in [5.41, 5.74) is 3.96. The van der Waals surface area contributed by atoms with Gasteiger partial charge in [-0.1, -0.05) is 43.3 Å². The molecule has 0 bridgehead atoms. The molecule has 2 aromatic carbocycles. The van der Waals surface area contributed by atoms with Crippen LogP contribution in [0.1, 0.15) is 23.6 Å². The monoisotopic (exact) mass is 325 g/mol. The zero-order valence-corrected chi connectivity index (χ0v) is 14.8. The highest BCUT2D eigenvalue weighted by Crippen LogP contribution is 2.11. The summed E-state index contributed by atoms with van der Waals surface area (Å²) in [6.45, 7) is 3.80. The molecule has 128 valence electrons. The fourth-order valence-corrected chi connectivity index (χ4v) is 2.59. The molecule has 0 amide bonds. The Bertz CT molecular complexity index is 650. The minimum Gasteiger partial charge on any atom is -0.497 e. The molecule has 0 fully saturated rings. The van der Waals surface area contributed by atoms with E-state index in [2.05, 4.69) is 58.9 Å². The molecule has 24 heavy (non-hydrogen) atoms. The Morgan fingerprint density at radius 2 is 1.71 bits per heavy atom. The molecule has 0 spiro atoms. The summed E-state index contributed by atoms with van der Waals surface area (Å²) in [5, 5.41) is 6.75. The largest absolute Gasteiger partial charge is 0.497 e. The van der Waals surface area contributed by atoms with Crippen molar-refractivity contribution in [1.29, 1.82) is 0 Å². The van der Waals surface area contributed by atoms with Crippen molar-refractivity contribution in [3.05, 3.63) is 65.2 Å². The van der Waals surface area contributed by atoms with E-state index in [1.165, 1.54) is 16.7 Å². The van der Waals surface area contributed by atoms with E-state index < -0.39 is 0 Å². The van der Waals surface area contributed by atoms with Crippen LogP contribution in [0.3, 0.4) is 0 Å². The van der Waals surface area contributed by atoms with Crippen molar-refractivity contribution in [2.45, 2.75) is 26.3 Å². The lowest BCUT2D eigenvalue weighted by Crippen LogP contribution is -2.38. The molecule has 0 aliphatic heterocycles. The van der Waals surface area contributed by atoms with Crippen LogP contribution in [0.4, 0.5) is 0 Å². The number of ether oxygens (including phenoxy) is 1. The number of hydrogen-bond acceptors (Lipinski definition) is 2. The van der Waals surface area contributed by atoms with Crippen molar-refractivity contribution >= 4 is 5.96 Å². The van der Waals surface area contributed by atoms with Gasteiger partial charge in [-0.3, -0.25) is 4.99 Å². The maximum atomic E-state index is 5.18. The Morgan fingerprint density at radius 1 is 1.00 bits per heavy atom. The van der Waals surface area contributed by atoms with Crippen LogP contribution >= 0.6 is 0 Å². The van der Waals surface area contributed by atoms with Crippen LogP contribution in [-0.2, 0) is 19.4 Å². The molecule has 0 radical (unpaired) electrons. The topological polar surface area (TPSA) is 45.7 Å². The van der Waals surface area contributed by atoms with Crippen molar-refractivity contribution in [1.82, 2.24) is 10.6 Å². The van der Waals surface area contributed by atoms with E-state index in [9.17, 15) is 0 Å². The van der Waals surface area contributed by atoms with Gasteiger partial charge in [0.05, 0.1) is 7.11 Å². The summed E-state index contributed by atoms with van der Waals surface area (Å²) in [5.74, 6) is 1.72. The number of nitrogens with zero attached hydrogens (tertiary/aromatic N) is 1. The molecule has 0 aliphatic carbocycles. The zero-order chi connectivity index (χ0) is 17.2. The standard InChI is InChI=1S/C20H27N3O/c1-4-17-7-5-6-8-18(17)15-23-20(21-2)22-14-13-16-9-11-19(24-3)12-10-16/h5-12H,4,13-15H2,1-3H3,(H2,21,22,23). The van der Waals surface area contributed by atoms with Gasteiger partial charge in [0.2, 0.25) is 0 Å². The predicted octanol–water partition coefficient (Wildman–Crippen LogP) is 3.17. The van der Waals surface area contributed by atoms with Crippen LogP contribution in [0.25, 0.3) is 0 Å². The molecule has 4 nitrogen and oxygen atoms in total. The summed E-state index contributed by atoms with van der Waals surface area (Å²) < 4.78 is 5.18. The van der Waals surface area contributed by atoms with Crippen LogP contribution in [0.15, 0.2) is 53.5 Å². The van der Waals surface area contributed by atoms with E-state index in [0.29, 0.717) is 0 Å². The third-order valence-corrected chi connectivity index (χ3v) is 4.03. The van der Waals surface area contributed by atoms with Crippen LogP contribution < -0.4 is 15.4 Å². The van der Waals surface area contributed by atoms with Crippen molar-refractivity contribution in [3.8, 4) is 5.75 Å². The molecule has 2 rings (SSSR count). The van der Waals surface area contributed by atoms with Crippen LogP contribution in [0.2, 0.25) is 0 Å². The fourth-order valence-electron chi connectivity index (χ4n) is 2.59. The molecule has 2 aromatic rings. The highest BCUT2D eigenvalue weighted by molar-refractivity contribution is 5.79. The normalized spacial score (nSPS) is 11.2. The van der Waals surface area contributed by atoms with Crippen LogP contribution in [0, 0.1) is 0 Å². The quantitative estimate of drug-likeness (QED) is 0.607. The SMILES string of the molecule is CCc1ccccc1CNC(=NC)NCCc1ccc(OC)cc1. The van der Waals surface area contributed by atoms with Gasteiger partial charge in [-0.25, -0.2) is 0 Å². The van der Waals surface area contributed by atoms with Gasteiger partial charge in [0, 0.05) is 20.1 Å². The number of rotatable bonds is 7. The maximum Gasteiger partial charge on any atom is 0.191 e. The van der Waals surface area contributed by atoms with E-state index in [4.69, 9.17) is 4.74 Å². The average Bonchev–Trinajstić information content (AvgIpc) is 2.65. The van der Waals surface area contributed by atoms with Crippen molar-refractivity contribution < 1.29 is 4.74 Å². The first-order valence-electron chi connectivity index (χ1n) is 8.41. The minimum absolute atomic E-state index is 0.784. The van der Waals surface area contributed by atoms with Gasteiger partial charge in [-0.15, -0.1) is 0 Å². The molecule has 0 unspecified atom stereocenters. The summed E-state index contributed by atoms with van der Waals surface area (Å²) >= 11 is 0. The van der Waals surface area contributed by atoms with Gasteiger partial charge in [0.1, 0.15) is 5.75 Å². The van der Waals surface area contributed by atoms with Crippen molar-refractivity contribution in [3.63, 3.8) is 0 Å². The Morgan fingerprint density at radius 3 is 2.33 bits per heavy atom. The lowest BCUT2D eigenvalue weighted by atomic mass is 10.1. The van der Waals surface area contributed by atoms with Gasteiger partial charge >= 0.3 is 0 Å². The summed E-state index contributed by atoms with van der Waals surface area (Å²) in [4.78, 5) is 4.29. The molecule has 0 saturated carbocycles. The number of hydrogen-bond donors (Lipinski definition) is 2. The molecule has 0 heterocycles. The van der Waals surface area contributed by atoms with Gasteiger partial charge in [0.25, 0.3) is 0 Å². The van der Waals surface area contributed by atoms with E-state index in [1.807, 2.05) is 12.1 Å². The molecule has 4 heteroatoms. The molecule has 0 atom stereocenters. The van der Waals surface area contributed by atoms with Gasteiger partial charge < -0.3 is 15.4 Å². The lowest BCUT2D eigenvalue weighted by molar-refractivity contribution is 0.414. The van der Waals surface area contributed by atoms with Gasteiger partial charge in [-0.05, 0) is 41.7 Å². The Labute approximate surface area is 145 Å². The van der Waals surface area contributed by atoms with E-state index in [-0.39, 0.29) is 0 Å². The first-order chi connectivity index (χ1) is 11.8. The van der Waals surface area contributed by atoms with Crippen molar-refractivity contribution in [2.75, 3.05) is 20.7 Å². The summed E-state index contributed by atoms with van der Waals surface area (Å²) in [7, 11) is 3.48. The van der Waals surface area contributed by atoms with Crippen LogP contribution in [-0.4, -0.2) is 26.7 Å². The van der Waals surface area contributed by atoms with Gasteiger partial charge in [-0.2, -0.15) is 0 Å². The Hall–Kier alpha value is -2.49. The predicted molar refractivity (Wildman–Crippen MR) is 101 cm³/mol. The number of nitrogens with one attached hydrogen (secondary N) is 2. The number of aryl methyl sites for hydroxylation is 1. The number of benzene rings is 2. The molecule has 0 aliphatic rings.